The Bertz CT molecular complexity index is 795. The van der Waals surface area contributed by atoms with Crippen molar-refractivity contribution in [2.75, 3.05) is 0 Å². The molecule has 6 heteroatoms. The maximum absolute atomic E-state index is 11.1. The van der Waals surface area contributed by atoms with Crippen molar-refractivity contribution >= 4 is 16.6 Å². The lowest BCUT2D eigenvalue weighted by Crippen LogP contribution is -2.02. The highest BCUT2D eigenvalue weighted by atomic mass is 16.6. The third-order valence-electron chi connectivity index (χ3n) is 3.22. The number of aryl methyl sites for hydroxylation is 1. The van der Waals surface area contributed by atoms with Gasteiger partial charge in [-0.1, -0.05) is 6.92 Å². The van der Waals surface area contributed by atoms with Gasteiger partial charge < -0.3 is 4.57 Å². The van der Waals surface area contributed by atoms with Crippen molar-refractivity contribution in [3.8, 4) is 5.69 Å². The molecule has 0 unspecified atom stereocenters. The van der Waals surface area contributed by atoms with Crippen LogP contribution in [0.25, 0.3) is 16.6 Å². The summed E-state index contributed by atoms with van der Waals surface area (Å²) in [5.41, 5.74) is 1.48. The van der Waals surface area contributed by atoms with E-state index >= 15 is 0 Å². The van der Waals surface area contributed by atoms with E-state index < -0.39 is 0 Å². The fourth-order valence-corrected chi connectivity index (χ4v) is 2.31. The molecule has 0 bridgehead atoms. The van der Waals surface area contributed by atoms with Crippen molar-refractivity contribution in [1.82, 2.24) is 14.5 Å². The predicted molar refractivity (Wildman–Crippen MR) is 74.9 cm³/mol. The summed E-state index contributed by atoms with van der Waals surface area (Å²) in [5.74, 6) is 0.894. The van der Waals surface area contributed by atoms with Crippen molar-refractivity contribution in [3.05, 3.63) is 58.8 Å². The lowest BCUT2D eigenvalue weighted by molar-refractivity contribution is -0.383. The number of nitro groups is 1. The molecule has 2 heterocycles. The topological polar surface area (TPSA) is 73.8 Å². The molecule has 0 aliphatic rings. The van der Waals surface area contributed by atoms with Gasteiger partial charge in [0, 0.05) is 31.1 Å². The van der Waals surface area contributed by atoms with Gasteiger partial charge in [0.15, 0.2) is 0 Å². The number of pyridine rings is 1. The van der Waals surface area contributed by atoms with Crippen LogP contribution in [0.2, 0.25) is 0 Å². The number of hydrogen-bond donors (Lipinski definition) is 0. The maximum atomic E-state index is 11.1. The van der Waals surface area contributed by atoms with E-state index in [1.807, 2.05) is 17.7 Å². The summed E-state index contributed by atoms with van der Waals surface area (Å²) in [4.78, 5) is 19.3. The third kappa shape index (κ3) is 1.82. The van der Waals surface area contributed by atoms with Gasteiger partial charge in [0.05, 0.1) is 16.0 Å². The van der Waals surface area contributed by atoms with Crippen LogP contribution in [0.4, 0.5) is 5.69 Å². The van der Waals surface area contributed by atoms with Crippen LogP contribution < -0.4 is 0 Å². The number of benzene rings is 1. The smallest absolute Gasteiger partial charge is 0.278 e. The summed E-state index contributed by atoms with van der Waals surface area (Å²) < 4.78 is 1.92. The fraction of sp³-hybridized carbons (Fsp3) is 0.143. The highest BCUT2D eigenvalue weighted by Gasteiger charge is 2.16. The van der Waals surface area contributed by atoms with Crippen LogP contribution in [0.5, 0.6) is 0 Å². The summed E-state index contributed by atoms with van der Waals surface area (Å²) >= 11 is 0. The molecule has 0 amide bonds. The van der Waals surface area contributed by atoms with Crippen molar-refractivity contribution < 1.29 is 4.92 Å². The highest BCUT2D eigenvalue weighted by molar-refractivity contribution is 5.93. The number of hydrogen-bond acceptors (Lipinski definition) is 4. The molecule has 6 nitrogen and oxygen atoms in total. The molecular weight excluding hydrogens is 256 g/mol. The molecule has 0 aliphatic heterocycles. The number of rotatable bonds is 3. The first-order valence-corrected chi connectivity index (χ1v) is 6.27. The Morgan fingerprint density at radius 1 is 1.25 bits per heavy atom. The molecule has 0 N–H and O–H groups in total. The lowest BCUT2D eigenvalue weighted by Gasteiger charge is -2.09. The van der Waals surface area contributed by atoms with E-state index in [0.717, 1.165) is 17.9 Å². The van der Waals surface area contributed by atoms with E-state index in [-0.39, 0.29) is 10.6 Å². The van der Waals surface area contributed by atoms with Crippen LogP contribution in [-0.4, -0.2) is 19.5 Å². The number of nitrogens with zero attached hydrogens (tertiary/aromatic N) is 4. The van der Waals surface area contributed by atoms with Gasteiger partial charge in [-0.05, 0) is 18.2 Å². The summed E-state index contributed by atoms with van der Waals surface area (Å²) in [6, 6.07) is 6.65. The average molecular weight is 268 g/mol. The SMILES string of the molecule is CCc1nccn1-c1ccc([N+](=O)[O-])c2cccnc12. The average Bonchev–Trinajstić information content (AvgIpc) is 2.94. The third-order valence-corrected chi connectivity index (χ3v) is 3.22. The minimum atomic E-state index is -0.386. The van der Waals surface area contributed by atoms with Gasteiger partial charge in [-0.2, -0.15) is 0 Å². The Hall–Kier alpha value is -2.76. The van der Waals surface area contributed by atoms with Crippen LogP contribution in [-0.2, 0) is 6.42 Å². The Labute approximate surface area is 114 Å². The van der Waals surface area contributed by atoms with Gasteiger partial charge in [-0.3, -0.25) is 15.1 Å². The Balaban J connectivity index is 2.34. The molecule has 0 aliphatic carbocycles. The van der Waals surface area contributed by atoms with Gasteiger partial charge in [0.25, 0.3) is 5.69 Å². The predicted octanol–water partition coefficient (Wildman–Crippen LogP) is 2.89. The molecule has 0 saturated carbocycles. The van der Waals surface area contributed by atoms with E-state index in [4.69, 9.17) is 0 Å². The zero-order chi connectivity index (χ0) is 14.1. The first-order chi connectivity index (χ1) is 9.72. The lowest BCUT2D eigenvalue weighted by atomic mass is 10.1. The molecular formula is C14H12N4O2. The minimum absolute atomic E-state index is 0.0648. The van der Waals surface area contributed by atoms with Crippen molar-refractivity contribution in [3.63, 3.8) is 0 Å². The molecule has 0 fully saturated rings. The first kappa shape index (κ1) is 12.3. The summed E-state index contributed by atoms with van der Waals surface area (Å²) in [6.07, 6.45) is 5.97. The van der Waals surface area contributed by atoms with Crippen molar-refractivity contribution in [2.45, 2.75) is 13.3 Å². The fourth-order valence-electron chi connectivity index (χ4n) is 2.31. The molecule has 0 saturated heterocycles. The zero-order valence-electron chi connectivity index (χ0n) is 10.9. The zero-order valence-corrected chi connectivity index (χ0v) is 10.9. The minimum Gasteiger partial charge on any atom is -0.302 e. The van der Waals surface area contributed by atoms with Gasteiger partial charge in [-0.15, -0.1) is 0 Å². The molecule has 0 spiro atoms. The molecule has 2 aromatic heterocycles. The molecule has 20 heavy (non-hydrogen) atoms. The second-order valence-electron chi connectivity index (χ2n) is 4.33. The van der Waals surface area contributed by atoms with Crippen LogP contribution in [0.15, 0.2) is 42.9 Å². The number of imidazole rings is 1. The normalized spacial score (nSPS) is 10.8. The van der Waals surface area contributed by atoms with Crippen LogP contribution in [0.1, 0.15) is 12.7 Å². The quantitative estimate of drug-likeness (QED) is 0.540. The van der Waals surface area contributed by atoms with Crippen LogP contribution in [0.3, 0.4) is 0 Å². The monoisotopic (exact) mass is 268 g/mol. The van der Waals surface area contributed by atoms with Crippen LogP contribution >= 0.6 is 0 Å². The molecule has 3 aromatic rings. The second-order valence-corrected chi connectivity index (χ2v) is 4.33. The number of fused-ring (bicyclic) bond motifs is 1. The van der Waals surface area contributed by atoms with E-state index in [1.165, 1.54) is 6.07 Å². The van der Waals surface area contributed by atoms with E-state index in [0.29, 0.717) is 10.9 Å². The summed E-state index contributed by atoms with van der Waals surface area (Å²) in [7, 11) is 0. The molecule has 3 rings (SSSR count). The van der Waals surface area contributed by atoms with E-state index in [1.54, 1.807) is 30.6 Å². The second kappa shape index (κ2) is 4.73. The largest absolute Gasteiger partial charge is 0.302 e. The van der Waals surface area contributed by atoms with Crippen LogP contribution in [0, 0.1) is 10.1 Å². The summed E-state index contributed by atoms with van der Waals surface area (Å²) in [5, 5.41) is 11.6. The van der Waals surface area contributed by atoms with E-state index in [2.05, 4.69) is 9.97 Å². The molecule has 0 atom stereocenters. The van der Waals surface area contributed by atoms with Crippen molar-refractivity contribution in [1.29, 1.82) is 0 Å². The standard InChI is InChI=1S/C14H12N4O2/c1-2-13-15-8-9-17(13)12-6-5-11(18(19)20)10-4-3-7-16-14(10)12/h3-9H,2H2,1H3. The molecule has 100 valence electrons. The Kier molecular flexibility index (Phi) is 2.90. The number of non-ortho nitro benzene ring substituents is 1. The Morgan fingerprint density at radius 3 is 2.85 bits per heavy atom. The van der Waals surface area contributed by atoms with E-state index in [9.17, 15) is 10.1 Å². The van der Waals surface area contributed by atoms with Crippen molar-refractivity contribution in [2.24, 2.45) is 0 Å². The van der Waals surface area contributed by atoms with Gasteiger partial charge in [0.1, 0.15) is 11.3 Å². The van der Waals surface area contributed by atoms with Gasteiger partial charge in [0.2, 0.25) is 0 Å². The molecule has 0 radical (unpaired) electrons. The number of aromatic nitrogens is 3. The Morgan fingerprint density at radius 2 is 2.10 bits per heavy atom. The highest BCUT2D eigenvalue weighted by Crippen LogP contribution is 2.29. The van der Waals surface area contributed by atoms with Gasteiger partial charge >= 0.3 is 0 Å². The number of nitro benzene ring substituents is 1. The maximum Gasteiger partial charge on any atom is 0.278 e. The molecule has 1 aromatic carbocycles. The first-order valence-electron chi connectivity index (χ1n) is 6.27. The summed E-state index contributed by atoms with van der Waals surface area (Å²) in [6.45, 7) is 2.01. The van der Waals surface area contributed by atoms with Gasteiger partial charge in [-0.25, -0.2) is 4.98 Å².